The highest BCUT2D eigenvalue weighted by molar-refractivity contribution is 6.32. The molecule has 0 saturated heterocycles. The van der Waals surface area contributed by atoms with Crippen molar-refractivity contribution in [3.8, 4) is 17.2 Å². The van der Waals surface area contributed by atoms with Gasteiger partial charge in [-0.25, -0.2) is 9.97 Å². The molecule has 126 valence electrons. The number of nitrogens with zero attached hydrogens (tertiary/aromatic N) is 3. The number of halogens is 4. The second kappa shape index (κ2) is 5.63. The normalized spacial score (nSPS) is 12.0. The molecule has 0 aliphatic carbocycles. The molecule has 0 spiro atoms. The van der Waals surface area contributed by atoms with Crippen molar-refractivity contribution >= 4 is 22.6 Å². The van der Waals surface area contributed by atoms with E-state index >= 15 is 0 Å². The highest BCUT2D eigenvalue weighted by atomic mass is 35.5. The molecule has 0 aliphatic heterocycles. The lowest BCUT2D eigenvalue weighted by molar-refractivity contribution is -0.137. The van der Waals surface area contributed by atoms with E-state index < -0.39 is 11.7 Å². The number of benzene rings is 2. The largest absolute Gasteiger partial charge is 0.417 e. The van der Waals surface area contributed by atoms with Gasteiger partial charge in [-0.2, -0.15) is 13.2 Å². The van der Waals surface area contributed by atoms with Gasteiger partial charge in [0.2, 0.25) is 0 Å². The lowest BCUT2D eigenvalue weighted by atomic mass is 10.2. The van der Waals surface area contributed by atoms with Gasteiger partial charge in [-0.3, -0.25) is 4.57 Å². The van der Waals surface area contributed by atoms with Crippen molar-refractivity contribution < 1.29 is 13.2 Å². The van der Waals surface area contributed by atoms with Crippen LogP contribution in [0.1, 0.15) is 5.56 Å². The van der Waals surface area contributed by atoms with Gasteiger partial charge >= 0.3 is 6.18 Å². The highest BCUT2D eigenvalue weighted by Crippen LogP contribution is 2.38. The minimum absolute atomic E-state index is 0.199. The maximum absolute atomic E-state index is 13.1. The number of H-pyrrole nitrogens is 1. The molecular formula is C17H10ClF3N4. The van der Waals surface area contributed by atoms with Crippen LogP contribution in [0.4, 0.5) is 13.2 Å². The van der Waals surface area contributed by atoms with E-state index in [1.54, 1.807) is 10.8 Å². The molecule has 4 rings (SSSR count). The van der Waals surface area contributed by atoms with E-state index in [-0.39, 0.29) is 10.5 Å². The Hall–Kier alpha value is -2.80. The molecule has 0 radical (unpaired) electrons. The lowest BCUT2D eigenvalue weighted by Crippen LogP contribution is -2.06. The minimum atomic E-state index is -4.55. The Bertz CT molecular complexity index is 1040. The van der Waals surface area contributed by atoms with Crippen LogP contribution in [0.5, 0.6) is 0 Å². The molecule has 0 unspecified atom stereocenters. The van der Waals surface area contributed by atoms with E-state index in [9.17, 15) is 13.2 Å². The molecule has 8 heteroatoms. The average molecular weight is 363 g/mol. The summed E-state index contributed by atoms with van der Waals surface area (Å²) in [6, 6.07) is 11.5. The van der Waals surface area contributed by atoms with Gasteiger partial charge in [0.25, 0.3) is 0 Å². The smallest absolute Gasteiger partial charge is 0.342 e. The number of imidazole rings is 2. The predicted octanol–water partition coefficient (Wildman–Crippen LogP) is 5.09. The van der Waals surface area contributed by atoms with Crippen LogP contribution in [0, 0.1) is 0 Å². The quantitative estimate of drug-likeness (QED) is 0.540. The van der Waals surface area contributed by atoms with Gasteiger partial charge in [-0.15, -0.1) is 0 Å². The Kier molecular flexibility index (Phi) is 3.54. The van der Waals surface area contributed by atoms with E-state index in [2.05, 4.69) is 15.0 Å². The molecule has 2 aromatic heterocycles. The van der Waals surface area contributed by atoms with Crippen LogP contribution in [-0.2, 0) is 6.18 Å². The zero-order chi connectivity index (χ0) is 17.6. The summed E-state index contributed by atoms with van der Waals surface area (Å²) in [5.41, 5.74) is 1.12. The second-order valence-corrected chi connectivity index (χ2v) is 5.80. The first kappa shape index (κ1) is 15.7. The fraction of sp³-hybridized carbons (Fsp3) is 0.0588. The summed E-state index contributed by atoms with van der Waals surface area (Å²) >= 11 is 5.90. The molecule has 2 aromatic carbocycles. The van der Waals surface area contributed by atoms with Gasteiger partial charge < -0.3 is 4.98 Å². The molecule has 4 aromatic rings. The topological polar surface area (TPSA) is 46.5 Å². The third-order valence-electron chi connectivity index (χ3n) is 3.80. The molecule has 0 amide bonds. The number of alkyl halides is 3. The number of fused-ring (bicyclic) bond motifs is 1. The van der Waals surface area contributed by atoms with E-state index in [4.69, 9.17) is 11.6 Å². The number of aromatic amines is 1. The summed E-state index contributed by atoms with van der Waals surface area (Å²) in [7, 11) is 0. The SMILES string of the molecule is FC(F)(F)c1cc2nc(-c3cnc[nH]3)n(-c3ccccc3)c2cc1Cl. The maximum atomic E-state index is 13.1. The lowest BCUT2D eigenvalue weighted by Gasteiger charge is -2.11. The number of nitrogens with one attached hydrogen (secondary N) is 1. The Balaban J connectivity index is 2.07. The molecule has 0 bridgehead atoms. The Morgan fingerprint density at radius 3 is 2.48 bits per heavy atom. The number of aromatic nitrogens is 4. The zero-order valence-electron chi connectivity index (χ0n) is 12.5. The standard InChI is InChI=1S/C17H10ClF3N4/c18-12-7-15-13(6-11(12)17(19,20)21)24-16(14-8-22-9-23-14)25(15)10-4-2-1-3-5-10/h1-9H,(H,22,23). The Morgan fingerprint density at radius 1 is 1.08 bits per heavy atom. The van der Waals surface area contributed by atoms with Crippen molar-refractivity contribution in [2.24, 2.45) is 0 Å². The third-order valence-corrected chi connectivity index (χ3v) is 4.11. The van der Waals surface area contributed by atoms with Crippen LogP contribution in [-0.4, -0.2) is 19.5 Å². The van der Waals surface area contributed by atoms with Crippen molar-refractivity contribution in [2.45, 2.75) is 6.18 Å². The van der Waals surface area contributed by atoms with Crippen LogP contribution < -0.4 is 0 Å². The van der Waals surface area contributed by atoms with E-state index in [1.807, 2.05) is 30.3 Å². The summed E-state index contributed by atoms with van der Waals surface area (Å²) in [5, 5.41) is -0.367. The predicted molar refractivity (Wildman–Crippen MR) is 88.7 cm³/mol. The van der Waals surface area contributed by atoms with Gasteiger partial charge in [0.05, 0.1) is 34.1 Å². The summed E-state index contributed by atoms with van der Waals surface area (Å²) in [4.78, 5) is 11.3. The first-order valence-electron chi connectivity index (χ1n) is 7.28. The summed E-state index contributed by atoms with van der Waals surface area (Å²) in [6.45, 7) is 0. The van der Waals surface area contributed by atoms with Crippen molar-refractivity contribution in [3.63, 3.8) is 0 Å². The third kappa shape index (κ3) is 2.66. The molecule has 0 aliphatic rings. The molecule has 0 atom stereocenters. The maximum Gasteiger partial charge on any atom is 0.417 e. The number of hydrogen-bond donors (Lipinski definition) is 1. The van der Waals surface area contributed by atoms with Crippen LogP contribution in [0.3, 0.4) is 0 Å². The average Bonchev–Trinajstić information content (AvgIpc) is 3.21. The first-order valence-corrected chi connectivity index (χ1v) is 7.66. The highest BCUT2D eigenvalue weighted by Gasteiger charge is 2.34. The van der Waals surface area contributed by atoms with Crippen LogP contribution in [0.2, 0.25) is 5.02 Å². The van der Waals surface area contributed by atoms with Gasteiger partial charge in [-0.05, 0) is 24.3 Å². The minimum Gasteiger partial charge on any atom is -0.342 e. The first-order chi connectivity index (χ1) is 11.9. The van der Waals surface area contributed by atoms with Gasteiger partial charge in [0.1, 0.15) is 5.69 Å². The fourth-order valence-corrected chi connectivity index (χ4v) is 2.98. The molecule has 25 heavy (non-hydrogen) atoms. The summed E-state index contributed by atoms with van der Waals surface area (Å²) in [6.07, 6.45) is -1.50. The molecule has 2 heterocycles. The zero-order valence-corrected chi connectivity index (χ0v) is 13.3. The van der Waals surface area contributed by atoms with Crippen molar-refractivity contribution in [3.05, 3.63) is 65.6 Å². The van der Waals surface area contributed by atoms with E-state index in [0.29, 0.717) is 17.0 Å². The molecule has 1 N–H and O–H groups in total. The Morgan fingerprint density at radius 2 is 1.84 bits per heavy atom. The molecule has 0 fully saturated rings. The monoisotopic (exact) mass is 362 g/mol. The van der Waals surface area contributed by atoms with Crippen LogP contribution in [0.25, 0.3) is 28.2 Å². The summed E-state index contributed by atoms with van der Waals surface area (Å²) < 4.78 is 41.2. The van der Waals surface area contributed by atoms with Crippen molar-refractivity contribution in [1.29, 1.82) is 0 Å². The second-order valence-electron chi connectivity index (χ2n) is 5.39. The fourth-order valence-electron chi connectivity index (χ4n) is 2.71. The molecule has 0 saturated carbocycles. The number of para-hydroxylation sites is 1. The molecular weight excluding hydrogens is 353 g/mol. The number of rotatable bonds is 2. The van der Waals surface area contributed by atoms with Gasteiger partial charge in [-0.1, -0.05) is 29.8 Å². The Labute approximate surface area is 144 Å². The van der Waals surface area contributed by atoms with Crippen molar-refractivity contribution in [1.82, 2.24) is 19.5 Å². The van der Waals surface area contributed by atoms with E-state index in [0.717, 1.165) is 11.8 Å². The van der Waals surface area contributed by atoms with Crippen LogP contribution in [0.15, 0.2) is 55.0 Å². The van der Waals surface area contributed by atoms with Gasteiger partial charge in [0.15, 0.2) is 5.82 Å². The van der Waals surface area contributed by atoms with Crippen LogP contribution >= 0.6 is 11.6 Å². The number of hydrogen-bond acceptors (Lipinski definition) is 2. The molecule has 4 nitrogen and oxygen atoms in total. The van der Waals surface area contributed by atoms with Crippen molar-refractivity contribution in [2.75, 3.05) is 0 Å². The summed E-state index contributed by atoms with van der Waals surface area (Å²) in [5.74, 6) is 0.453. The van der Waals surface area contributed by atoms with E-state index in [1.165, 1.54) is 12.4 Å². The van der Waals surface area contributed by atoms with Gasteiger partial charge in [0, 0.05) is 5.69 Å².